The molecule has 5 nitrogen and oxygen atoms in total. The molecule has 20 heavy (non-hydrogen) atoms. The molecule has 1 aliphatic rings. The van der Waals surface area contributed by atoms with Gasteiger partial charge in [0, 0.05) is 10.8 Å². The third-order valence-corrected chi connectivity index (χ3v) is 4.49. The van der Waals surface area contributed by atoms with Crippen molar-refractivity contribution in [2.24, 2.45) is 11.8 Å². The highest BCUT2D eigenvalue weighted by Crippen LogP contribution is 2.39. The monoisotopic (exact) mass is 296 g/mol. The first kappa shape index (κ1) is 15.0. The van der Waals surface area contributed by atoms with Crippen molar-refractivity contribution >= 4 is 23.2 Å². The molecule has 1 saturated carbocycles. The summed E-state index contributed by atoms with van der Waals surface area (Å²) in [6.45, 7) is 8.16. The van der Waals surface area contributed by atoms with Crippen molar-refractivity contribution < 1.29 is 14.7 Å². The molecule has 110 valence electrons. The van der Waals surface area contributed by atoms with Crippen molar-refractivity contribution in [3.05, 3.63) is 16.1 Å². The fourth-order valence-electron chi connectivity index (χ4n) is 1.97. The van der Waals surface area contributed by atoms with Gasteiger partial charge in [-0.2, -0.15) is 0 Å². The van der Waals surface area contributed by atoms with Crippen LogP contribution >= 0.6 is 11.3 Å². The highest BCUT2D eigenvalue weighted by molar-refractivity contribution is 7.09. The van der Waals surface area contributed by atoms with E-state index in [1.807, 2.05) is 12.3 Å². The van der Waals surface area contributed by atoms with Gasteiger partial charge in [-0.25, -0.2) is 4.98 Å². The molecule has 3 atom stereocenters. The van der Waals surface area contributed by atoms with Crippen molar-refractivity contribution in [2.45, 2.75) is 45.6 Å². The molecule has 1 aromatic heterocycles. The summed E-state index contributed by atoms with van der Waals surface area (Å²) in [5, 5.41) is 14.5. The summed E-state index contributed by atoms with van der Waals surface area (Å²) in [7, 11) is 0. The van der Waals surface area contributed by atoms with E-state index in [4.69, 9.17) is 5.11 Å². The summed E-state index contributed by atoms with van der Waals surface area (Å²) >= 11 is 1.52. The molecule has 6 heteroatoms. The van der Waals surface area contributed by atoms with Crippen LogP contribution in [0.1, 0.15) is 50.9 Å². The number of nitrogens with zero attached hydrogens (tertiary/aromatic N) is 1. The molecule has 0 unspecified atom stereocenters. The molecular formula is C14H20N2O3S. The van der Waals surface area contributed by atoms with Gasteiger partial charge in [-0.05, 0) is 13.3 Å². The third kappa shape index (κ3) is 3.17. The Kier molecular flexibility index (Phi) is 3.86. The van der Waals surface area contributed by atoms with E-state index in [0.717, 1.165) is 10.7 Å². The fraction of sp³-hybridized carbons (Fsp3) is 0.643. The summed E-state index contributed by atoms with van der Waals surface area (Å²) in [6, 6.07) is -0.182. The fourth-order valence-corrected chi connectivity index (χ4v) is 3.02. The SMILES string of the molecule is C[C@H](NC(=O)[C@@H]1C[C@H]1C(=O)O)c1nc(C(C)(C)C)cs1. The van der Waals surface area contributed by atoms with Crippen molar-refractivity contribution in [3.8, 4) is 0 Å². The van der Waals surface area contributed by atoms with E-state index >= 15 is 0 Å². The normalized spacial score (nSPS) is 23.2. The van der Waals surface area contributed by atoms with Crippen LogP contribution in [0.3, 0.4) is 0 Å². The Hall–Kier alpha value is -1.43. The van der Waals surface area contributed by atoms with Crippen LogP contribution in [-0.2, 0) is 15.0 Å². The number of amides is 1. The average Bonchev–Trinajstić information content (AvgIpc) is 2.96. The second kappa shape index (κ2) is 5.16. The second-order valence-corrected chi connectivity index (χ2v) is 7.23. The van der Waals surface area contributed by atoms with E-state index in [1.165, 1.54) is 11.3 Å². The quantitative estimate of drug-likeness (QED) is 0.893. The maximum atomic E-state index is 11.9. The minimum Gasteiger partial charge on any atom is -0.481 e. The molecule has 2 rings (SSSR count). The molecule has 0 aliphatic heterocycles. The molecule has 0 saturated heterocycles. The van der Waals surface area contributed by atoms with Crippen molar-refractivity contribution in [2.75, 3.05) is 0 Å². The molecule has 0 aromatic carbocycles. The standard InChI is InChI=1S/C14H20N2O3S/c1-7(12-16-10(6-20-12)14(2,3)4)15-11(17)8-5-9(8)13(18)19/h6-9H,5H2,1-4H3,(H,15,17)(H,18,19)/t7-,8+,9+/m0/s1. The van der Waals surface area contributed by atoms with Crippen LogP contribution in [0.5, 0.6) is 0 Å². The molecule has 1 fully saturated rings. The minimum atomic E-state index is -0.887. The molecule has 1 aromatic rings. The third-order valence-electron chi connectivity index (χ3n) is 3.46. The van der Waals surface area contributed by atoms with E-state index in [0.29, 0.717) is 6.42 Å². The lowest BCUT2D eigenvalue weighted by atomic mass is 9.93. The molecule has 0 radical (unpaired) electrons. The van der Waals surface area contributed by atoms with Crippen LogP contribution in [0, 0.1) is 11.8 Å². The van der Waals surface area contributed by atoms with Gasteiger partial charge in [-0.1, -0.05) is 20.8 Å². The zero-order chi connectivity index (χ0) is 15.1. The van der Waals surface area contributed by atoms with Gasteiger partial charge in [0.15, 0.2) is 0 Å². The van der Waals surface area contributed by atoms with Gasteiger partial charge in [-0.15, -0.1) is 11.3 Å². The van der Waals surface area contributed by atoms with Gasteiger partial charge < -0.3 is 10.4 Å². The zero-order valence-corrected chi connectivity index (χ0v) is 13.0. The summed E-state index contributed by atoms with van der Waals surface area (Å²) in [5.41, 5.74) is 0.997. The van der Waals surface area contributed by atoms with Crippen LogP contribution < -0.4 is 5.32 Å². The number of thiazole rings is 1. The highest BCUT2D eigenvalue weighted by Gasteiger charge is 2.48. The molecule has 1 aliphatic carbocycles. The van der Waals surface area contributed by atoms with Gasteiger partial charge in [0.05, 0.1) is 23.6 Å². The summed E-state index contributed by atoms with van der Waals surface area (Å²) in [6.07, 6.45) is 0.443. The second-order valence-electron chi connectivity index (χ2n) is 6.34. The van der Waals surface area contributed by atoms with Crippen molar-refractivity contribution in [3.63, 3.8) is 0 Å². The van der Waals surface area contributed by atoms with Crippen molar-refractivity contribution in [1.82, 2.24) is 10.3 Å². The molecule has 0 spiro atoms. The molecule has 2 N–H and O–H groups in total. The number of carboxylic acids is 1. The first-order valence-electron chi connectivity index (χ1n) is 6.69. The Labute approximate surface area is 122 Å². The Morgan fingerprint density at radius 3 is 2.55 bits per heavy atom. The molecule has 0 bridgehead atoms. The number of aromatic nitrogens is 1. The lowest BCUT2D eigenvalue weighted by Gasteiger charge is -2.15. The summed E-state index contributed by atoms with van der Waals surface area (Å²) in [5.74, 6) is -1.96. The lowest BCUT2D eigenvalue weighted by molar-refractivity contribution is -0.140. The van der Waals surface area contributed by atoms with Crippen LogP contribution in [-0.4, -0.2) is 22.0 Å². The Morgan fingerprint density at radius 2 is 2.10 bits per heavy atom. The number of carbonyl (C=O) groups excluding carboxylic acids is 1. The number of nitrogens with one attached hydrogen (secondary N) is 1. The Morgan fingerprint density at radius 1 is 1.45 bits per heavy atom. The van der Waals surface area contributed by atoms with E-state index in [1.54, 1.807) is 0 Å². The van der Waals surface area contributed by atoms with E-state index < -0.39 is 11.9 Å². The number of hydrogen-bond acceptors (Lipinski definition) is 4. The topological polar surface area (TPSA) is 79.3 Å². The van der Waals surface area contributed by atoms with Gasteiger partial charge in [-0.3, -0.25) is 9.59 Å². The largest absolute Gasteiger partial charge is 0.481 e. The van der Waals surface area contributed by atoms with Crippen LogP contribution in [0.25, 0.3) is 0 Å². The Bertz CT molecular complexity index is 533. The predicted molar refractivity (Wildman–Crippen MR) is 76.6 cm³/mol. The number of carboxylic acid groups (broad SMARTS) is 1. The maximum Gasteiger partial charge on any atom is 0.307 e. The predicted octanol–water partition coefficient (Wildman–Crippen LogP) is 2.34. The maximum absolute atomic E-state index is 11.9. The van der Waals surface area contributed by atoms with Crippen LogP contribution in [0.15, 0.2) is 5.38 Å². The van der Waals surface area contributed by atoms with Crippen LogP contribution in [0.2, 0.25) is 0 Å². The van der Waals surface area contributed by atoms with E-state index in [9.17, 15) is 9.59 Å². The van der Waals surface area contributed by atoms with Crippen LogP contribution in [0.4, 0.5) is 0 Å². The van der Waals surface area contributed by atoms with Gasteiger partial charge in [0.1, 0.15) is 5.01 Å². The number of rotatable bonds is 4. The number of carbonyl (C=O) groups is 2. The highest BCUT2D eigenvalue weighted by atomic mass is 32.1. The van der Waals surface area contributed by atoms with E-state index in [-0.39, 0.29) is 23.3 Å². The van der Waals surface area contributed by atoms with Gasteiger partial charge >= 0.3 is 5.97 Å². The average molecular weight is 296 g/mol. The molecular weight excluding hydrogens is 276 g/mol. The first-order chi connectivity index (χ1) is 9.20. The molecule has 1 heterocycles. The zero-order valence-electron chi connectivity index (χ0n) is 12.1. The van der Waals surface area contributed by atoms with Crippen molar-refractivity contribution in [1.29, 1.82) is 0 Å². The number of hydrogen-bond donors (Lipinski definition) is 2. The summed E-state index contributed by atoms with van der Waals surface area (Å²) in [4.78, 5) is 27.2. The number of aliphatic carboxylic acids is 1. The lowest BCUT2D eigenvalue weighted by Crippen LogP contribution is -2.29. The first-order valence-corrected chi connectivity index (χ1v) is 7.57. The summed E-state index contributed by atoms with van der Waals surface area (Å²) < 4.78 is 0. The smallest absolute Gasteiger partial charge is 0.307 e. The van der Waals surface area contributed by atoms with E-state index in [2.05, 4.69) is 31.1 Å². The Balaban J connectivity index is 1.95. The van der Waals surface area contributed by atoms with Gasteiger partial charge in [0.2, 0.25) is 5.91 Å². The van der Waals surface area contributed by atoms with Gasteiger partial charge in [0.25, 0.3) is 0 Å². The molecule has 1 amide bonds. The minimum absolute atomic E-state index is 0.0105.